The van der Waals surface area contributed by atoms with E-state index in [-0.39, 0.29) is 12.2 Å². The number of carbonyl (C=O) groups is 1. The van der Waals surface area contributed by atoms with E-state index < -0.39 is 5.91 Å². The van der Waals surface area contributed by atoms with Crippen LogP contribution in [0.1, 0.15) is 24.5 Å². The van der Waals surface area contributed by atoms with Gasteiger partial charge in [0, 0.05) is 21.3 Å². The maximum Gasteiger partial charge on any atom is 0.266 e. The summed E-state index contributed by atoms with van der Waals surface area (Å²) in [6.07, 6.45) is 2.42. The van der Waals surface area contributed by atoms with Gasteiger partial charge in [0.05, 0.1) is 11.1 Å². The van der Waals surface area contributed by atoms with Crippen molar-refractivity contribution in [3.8, 4) is 17.6 Å². The molecular formula is C26H21BrCl2N2O3. The summed E-state index contributed by atoms with van der Waals surface area (Å²) in [6, 6.07) is 19.4. The topological polar surface area (TPSA) is 71.3 Å². The number of hydrogen-bond donors (Lipinski definition) is 1. The van der Waals surface area contributed by atoms with Crippen LogP contribution in [0.25, 0.3) is 6.08 Å². The molecule has 0 bridgehead atoms. The molecule has 0 saturated heterocycles. The summed E-state index contributed by atoms with van der Waals surface area (Å²) in [5.74, 6) is 0.810. The highest BCUT2D eigenvalue weighted by Crippen LogP contribution is 2.27. The molecule has 0 unspecified atom stereocenters. The number of nitrogens with zero attached hydrogens (tertiary/aromatic N) is 1. The third kappa shape index (κ3) is 7.26. The number of ether oxygens (including phenoxy) is 2. The third-order valence-electron chi connectivity index (χ3n) is 4.62. The highest BCUT2D eigenvalue weighted by molar-refractivity contribution is 9.10. The Morgan fingerprint density at radius 1 is 1.09 bits per heavy atom. The predicted molar refractivity (Wildman–Crippen MR) is 139 cm³/mol. The molecule has 3 aromatic carbocycles. The molecule has 3 aromatic rings. The summed E-state index contributed by atoms with van der Waals surface area (Å²) < 4.78 is 12.1. The van der Waals surface area contributed by atoms with Gasteiger partial charge in [-0.05, 0) is 82.5 Å². The van der Waals surface area contributed by atoms with Crippen LogP contribution in [0.5, 0.6) is 11.5 Å². The van der Waals surface area contributed by atoms with Crippen LogP contribution in [0.2, 0.25) is 10.0 Å². The first-order chi connectivity index (χ1) is 16.4. The molecule has 8 heteroatoms. The van der Waals surface area contributed by atoms with E-state index >= 15 is 0 Å². The second kappa shape index (κ2) is 12.5. The number of amides is 1. The highest BCUT2D eigenvalue weighted by Gasteiger charge is 2.11. The van der Waals surface area contributed by atoms with Gasteiger partial charge >= 0.3 is 0 Å². The van der Waals surface area contributed by atoms with Crippen LogP contribution in [0, 0.1) is 11.3 Å². The maximum absolute atomic E-state index is 12.6. The number of hydrogen-bond acceptors (Lipinski definition) is 4. The zero-order valence-electron chi connectivity index (χ0n) is 18.3. The molecule has 0 aliphatic rings. The molecule has 0 aliphatic carbocycles. The molecule has 0 aliphatic heterocycles. The molecule has 174 valence electrons. The molecule has 5 nitrogen and oxygen atoms in total. The molecule has 0 atom stereocenters. The van der Waals surface area contributed by atoms with Gasteiger partial charge in [0.2, 0.25) is 0 Å². The summed E-state index contributed by atoms with van der Waals surface area (Å²) >= 11 is 15.5. The number of nitrogens with one attached hydrogen (secondary N) is 1. The van der Waals surface area contributed by atoms with Crippen molar-refractivity contribution in [3.05, 3.63) is 91.9 Å². The number of halogens is 3. The van der Waals surface area contributed by atoms with Crippen LogP contribution in [0.15, 0.2) is 70.7 Å². The lowest BCUT2D eigenvalue weighted by Gasteiger charge is -2.10. The summed E-state index contributed by atoms with van der Waals surface area (Å²) in [4.78, 5) is 12.6. The molecule has 0 saturated carbocycles. The van der Waals surface area contributed by atoms with E-state index in [1.807, 2.05) is 13.0 Å². The van der Waals surface area contributed by atoms with Crippen molar-refractivity contribution in [2.45, 2.75) is 20.0 Å². The van der Waals surface area contributed by atoms with Gasteiger partial charge in [-0.2, -0.15) is 5.26 Å². The van der Waals surface area contributed by atoms with Crippen molar-refractivity contribution in [2.24, 2.45) is 0 Å². The lowest BCUT2D eigenvalue weighted by Crippen LogP contribution is -2.13. The quantitative estimate of drug-likeness (QED) is 0.216. The Hall–Kier alpha value is -2.98. The molecule has 1 N–H and O–H groups in total. The van der Waals surface area contributed by atoms with Crippen LogP contribution < -0.4 is 14.8 Å². The molecule has 0 spiro atoms. The maximum atomic E-state index is 12.6. The van der Waals surface area contributed by atoms with Crippen molar-refractivity contribution in [3.63, 3.8) is 0 Å². The Morgan fingerprint density at radius 3 is 2.50 bits per heavy atom. The average molecular weight is 560 g/mol. The summed E-state index contributed by atoms with van der Waals surface area (Å²) in [5, 5.41) is 13.3. The van der Waals surface area contributed by atoms with Gasteiger partial charge in [-0.3, -0.25) is 4.79 Å². The number of carbonyl (C=O) groups excluding carboxylic acids is 1. The second-order valence-electron chi connectivity index (χ2n) is 7.21. The first kappa shape index (κ1) is 25.6. The molecule has 0 fully saturated rings. The van der Waals surface area contributed by atoms with Crippen LogP contribution in [-0.2, 0) is 11.4 Å². The average Bonchev–Trinajstić information content (AvgIpc) is 2.82. The standard InChI is InChI=1S/C26H21BrCl2N2O3/c1-2-11-33-25-10-3-17(13-23(25)27)12-19(15-30)26(32)31-21-6-8-22(9-7-21)34-16-18-4-5-20(28)14-24(18)29/h3-10,12-14H,2,11,16H2,1H3,(H,31,32)/b19-12+. The first-order valence-electron chi connectivity index (χ1n) is 10.4. The van der Waals surface area contributed by atoms with E-state index in [1.54, 1.807) is 60.7 Å². The minimum atomic E-state index is -0.508. The van der Waals surface area contributed by atoms with Crippen LogP contribution in [0.4, 0.5) is 5.69 Å². The lowest BCUT2D eigenvalue weighted by molar-refractivity contribution is -0.112. The van der Waals surface area contributed by atoms with Crippen LogP contribution in [-0.4, -0.2) is 12.5 Å². The Balaban J connectivity index is 1.62. The largest absolute Gasteiger partial charge is 0.492 e. The SMILES string of the molecule is CCCOc1ccc(/C=C(\C#N)C(=O)Nc2ccc(OCc3ccc(Cl)cc3Cl)cc2)cc1Br. The van der Waals surface area contributed by atoms with Crippen molar-refractivity contribution in [2.75, 3.05) is 11.9 Å². The second-order valence-corrected chi connectivity index (χ2v) is 8.91. The third-order valence-corrected chi connectivity index (χ3v) is 5.82. The Bertz CT molecular complexity index is 1240. The fourth-order valence-electron chi connectivity index (χ4n) is 2.88. The van der Waals surface area contributed by atoms with E-state index in [0.29, 0.717) is 39.4 Å². The Labute approximate surface area is 217 Å². The molecule has 0 heterocycles. The van der Waals surface area contributed by atoms with E-state index in [4.69, 9.17) is 32.7 Å². The van der Waals surface area contributed by atoms with Crippen LogP contribution >= 0.6 is 39.1 Å². The van der Waals surface area contributed by atoms with Gasteiger partial charge in [-0.15, -0.1) is 0 Å². The zero-order chi connectivity index (χ0) is 24.5. The number of benzene rings is 3. The molecule has 34 heavy (non-hydrogen) atoms. The minimum Gasteiger partial charge on any atom is -0.492 e. The molecule has 0 radical (unpaired) electrons. The number of anilines is 1. The van der Waals surface area contributed by atoms with Gasteiger partial charge in [-0.25, -0.2) is 0 Å². The molecule has 0 aromatic heterocycles. The van der Waals surface area contributed by atoms with Crippen molar-refractivity contribution >= 4 is 56.8 Å². The fraction of sp³-hybridized carbons (Fsp3) is 0.154. The van der Waals surface area contributed by atoms with E-state index in [1.165, 1.54) is 6.08 Å². The van der Waals surface area contributed by atoms with Gasteiger partial charge in [0.1, 0.15) is 29.7 Å². The smallest absolute Gasteiger partial charge is 0.266 e. The van der Waals surface area contributed by atoms with Crippen LogP contribution in [0.3, 0.4) is 0 Å². The van der Waals surface area contributed by atoms with E-state index in [2.05, 4.69) is 21.2 Å². The monoisotopic (exact) mass is 558 g/mol. The van der Waals surface area contributed by atoms with Gasteiger partial charge in [0.15, 0.2) is 0 Å². The fourth-order valence-corrected chi connectivity index (χ4v) is 3.86. The normalized spacial score (nSPS) is 11.0. The zero-order valence-corrected chi connectivity index (χ0v) is 21.4. The minimum absolute atomic E-state index is 0.0215. The first-order valence-corrected chi connectivity index (χ1v) is 12.0. The number of nitriles is 1. The lowest BCUT2D eigenvalue weighted by atomic mass is 10.1. The number of rotatable bonds is 9. The summed E-state index contributed by atoms with van der Waals surface area (Å²) in [7, 11) is 0. The predicted octanol–water partition coefficient (Wildman–Crippen LogP) is 7.67. The van der Waals surface area contributed by atoms with E-state index in [9.17, 15) is 10.1 Å². The van der Waals surface area contributed by atoms with Gasteiger partial charge in [0.25, 0.3) is 5.91 Å². The van der Waals surface area contributed by atoms with Crippen molar-refractivity contribution in [1.82, 2.24) is 0 Å². The summed E-state index contributed by atoms with van der Waals surface area (Å²) in [5.41, 5.74) is 2.02. The van der Waals surface area contributed by atoms with Gasteiger partial charge < -0.3 is 14.8 Å². The van der Waals surface area contributed by atoms with E-state index in [0.717, 1.165) is 16.5 Å². The van der Waals surface area contributed by atoms with Gasteiger partial charge in [-0.1, -0.05) is 42.3 Å². The summed E-state index contributed by atoms with van der Waals surface area (Å²) in [6.45, 7) is 2.92. The molecule has 3 rings (SSSR count). The molecular weight excluding hydrogens is 539 g/mol. The van der Waals surface area contributed by atoms with Crippen molar-refractivity contribution in [1.29, 1.82) is 5.26 Å². The molecule has 1 amide bonds. The Kier molecular flexibility index (Phi) is 9.41. The van der Waals surface area contributed by atoms with Crippen molar-refractivity contribution < 1.29 is 14.3 Å². The Morgan fingerprint density at radius 2 is 1.85 bits per heavy atom. The highest BCUT2D eigenvalue weighted by atomic mass is 79.9.